The zero-order valence-corrected chi connectivity index (χ0v) is 22.3. The van der Waals surface area contributed by atoms with Gasteiger partial charge in [-0.3, -0.25) is 24.3 Å². The number of rotatable bonds is 10. The van der Waals surface area contributed by atoms with Crippen molar-refractivity contribution >= 4 is 22.6 Å². The number of hydrogen-bond donors (Lipinski definition) is 1. The Morgan fingerprint density at radius 3 is 2.13 bits per heavy atom. The molecular weight excluding hydrogens is 478 g/mol. The summed E-state index contributed by atoms with van der Waals surface area (Å²) in [4.78, 5) is 32.2. The maximum Gasteiger partial charge on any atom is 0.261 e. The van der Waals surface area contributed by atoms with Crippen LogP contribution < -0.4 is 4.74 Å². The Kier molecular flexibility index (Phi) is 8.07. The van der Waals surface area contributed by atoms with E-state index in [0.29, 0.717) is 36.7 Å². The molecule has 1 saturated heterocycles. The van der Waals surface area contributed by atoms with E-state index in [1.165, 1.54) is 10.5 Å². The molecule has 3 aromatic rings. The fraction of sp³-hybridized carbons (Fsp3) is 0.419. The lowest BCUT2D eigenvalue weighted by Gasteiger charge is -2.36. The number of benzene rings is 3. The van der Waals surface area contributed by atoms with Crippen molar-refractivity contribution in [1.29, 1.82) is 0 Å². The fourth-order valence-corrected chi connectivity index (χ4v) is 5.50. The number of aliphatic hydroxyl groups is 1. The van der Waals surface area contributed by atoms with Crippen LogP contribution in [0.2, 0.25) is 0 Å². The van der Waals surface area contributed by atoms with Crippen molar-refractivity contribution in [3.63, 3.8) is 0 Å². The van der Waals surface area contributed by atoms with Crippen LogP contribution in [0.15, 0.2) is 60.7 Å². The second-order valence-electron chi connectivity index (χ2n) is 10.4. The molecule has 1 fully saturated rings. The highest BCUT2D eigenvalue weighted by Crippen LogP contribution is 2.30. The van der Waals surface area contributed by atoms with Crippen LogP contribution in [0.5, 0.6) is 5.75 Å². The molecule has 2 atom stereocenters. The molecule has 2 aliphatic heterocycles. The van der Waals surface area contributed by atoms with E-state index in [9.17, 15) is 14.7 Å². The summed E-state index contributed by atoms with van der Waals surface area (Å²) in [5.41, 5.74) is 2.39. The van der Waals surface area contributed by atoms with E-state index in [4.69, 9.17) is 4.74 Å². The van der Waals surface area contributed by atoms with Crippen LogP contribution >= 0.6 is 0 Å². The normalized spacial score (nSPS) is 18.1. The second kappa shape index (κ2) is 11.6. The molecule has 0 radical (unpaired) electrons. The molecule has 0 bridgehead atoms. The van der Waals surface area contributed by atoms with Crippen LogP contribution in [0.3, 0.4) is 0 Å². The van der Waals surface area contributed by atoms with Gasteiger partial charge < -0.3 is 9.84 Å². The Labute approximate surface area is 224 Å². The molecule has 2 amide bonds. The van der Waals surface area contributed by atoms with Crippen molar-refractivity contribution in [3.05, 3.63) is 77.4 Å². The summed E-state index contributed by atoms with van der Waals surface area (Å²) in [5.74, 6) is 0.841. The standard InChI is InChI=1S/C31H37N3O4/c1-3-22(2)25-10-4-5-13-28(25)38-21-24(35)20-33-16-14-32(15-17-33)18-19-34-30(36)26-11-6-8-23-9-7-12-27(29(23)26)31(34)37/h4-13,22,24,35H,3,14-21H2,1-2H3/t22-,24-/m1/s1. The van der Waals surface area contributed by atoms with Gasteiger partial charge >= 0.3 is 0 Å². The highest BCUT2D eigenvalue weighted by Gasteiger charge is 2.33. The van der Waals surface area contributed by atoms with Gasteiger partial charge in [0, 0.05) is 62.3 Å². The monoisotopic (exact) mass is 515 g/mol. The molecule has 0 unspecified atom stereocenters. The van der Waals surface area contributed by atoms with E-state index >= 15 is 0 Å². The first-order valence-corrected chi connectivity index (χ1v) is 13.7. The zero-order chi connectivity index (χ0) is 26.6. The van der Waals surface area contributed by atoms with E-state index in [1.54, 1.807) is 0 Å². The summed E-state index contributed by atoms with van der Waals surface area (Å²) < 4.78 is 6.00. The van der Waals surface area contributed by atoms with Crippen LogP contribution in [-0.2, 0) is 0 Å². The molecule has 1 N–H and O–H groups in total. The third-order valence-corrected chi connectivity index (χ3v) is 7.92. The minimum absolute atomic E-state index is 0.212. The lowest BCUT2D eigenvalue weighted by molar-refractivity contribution is 0.0414. The van der Waals surface area contributed by atoms with Crippen molar-refractivity contribution < 1.29 is 19.4 Å². The largest absolute Gasteiger partial charge is 0.491 e. The predicted molar refractivity (Wildman–Crippen MR) is 149 cm³/mol. The fourth-order valence-electron chi connectivity index (χ4n) is 5.50. The van der Waals surface area contributed by atoms with Crippen LogP contribution in [-0.4, -0.2) is 90.1 Å². The summed E-state index contributed by atoms with van der Waals surface area (Å²) in [5, 5.41) is 12.3. The molecule has 2 heterocycles. The Bertz CT molecular complexity index is 1250. The molecule has 0 aromatic heterocycles. The first-order valence-electron chi connectivity index (χ1n) is 13.7. The topological polar surface area (TPSA) is 73.3 Å². The van der Waals surface area contributed by atoms with E-state index in [2.05, 4.69) is 29.7 Å². The van der Waals surface area contributed by atoms with Crippen molar-refractivity contribution in [3.8, 4) is 5.75 Å². The number of carbonyl (C=O) groups is 2. The SMILES string of the molecule is CC[C@@H](C)c1ccccc1OC[C@H](O)CN1CCN(CCN2C(=O)c3cccc4cccc(c34)C2=O)CC1. The van der Waals surface area contributed by atoms with Gasteiger partial charge in [-0.1, -0.05) is 56.3 Å². The lowest BCUT2D eigenvalue weighted by Crippen LogP contribution is -2.51. The quantitative estimate of drug-likeness (QED) is 0.412. The zero-order valence-electron chi connectivity index (χ0n) is 22.3. The van der Waals surface area contributed by atoms with Gasteiger partial charge in [-0.05, 0) is 41.5 Å². The molecule has 5 rings (SSSR count). The van der Waals surface area contributed by atoms with Gasteiger partial charge in [-0.15, -0.1) is 0 Å². The van der Waals surface area contributed by atoms with Gasteiger partial charge in [0.05, 0.1) is 0 Å². The highest BCUT2D eigenvalue weighted by molar-refractivity contribution is 6.25. The summed E-state index contributed by atoms with van der Waals surface area (Å²) in [7, 11) is 0. The molecule has 0 saturated carbocycles. The Balaban J connectivity index is 1.09. The number of β-amino-alcohol motifs (C(OH)–C–C–N with tert-alkyl or cyclic N) is 1. The molecule has 38 heavy (non-hydrogen) atoms. The Morgan fingerprint density at radius 2 is 1.47 bits per heavy atom. The Morgan fingerprint density at radius 1 is 0.842 bits per heavy atom. The first kappa shape index (κ1) is 26.4. The van der Waals surface area contributed by atoms with Crippen molar-refractivity contribution in [2.45, 2.75) is 32.3 Å². The van der Waals surface area contributed by atoms with Gasteiger partial charge in [0.1, 0.15) is 18.5 Å². The summed E-state index contributed by atoms with van der Waals surface area (Å²) in [6, 6.07) is 19.3. The lowest BCUT2D eigenvalue weighted by atomic mass is 9.94. The third-order valence-electron chi connectivity index (χ3n) is 7.92. The van der Waals surface area contributed by atoms with Crippen LogP contribution in [0.1, 0.15) is 52.5 Å². The summed E-state index contributed by atoms with van der Waals surface area (Å²) >= 11 is 0. The van der Waals surface area contributed by atoms with Crippen molar-refractivity contribution in [2.24, 2.45) is 0 Å². The van der Waals surface area contributed by atoms with E-state index in [-0.39, 0.29) is 18.4 Å². The minimum Gasteiger partial charge on any atom is -0.491 e. The average Bonchev–Trinajstić information content (AvgIpc) is 2.95. The van der Waals surface area contributed by atoms with Gasteiger partial charge in [0.15, 0.2) is 0 Å². The second-order valence-corrected chi connectivity index (χ2v) is 10.4. The van der Waals surface area contributed by atoms with E-state index < -0.39 is 6.10 Å². The predicted octanol–water partition coefficient (Wildman–Crippen LogP) is 4.01. The molecule has 0 spiro atoms. The molecule has 2 aliphatic rings. The number of nitrogens with zero attached hydrogens (tertiary/aromatic N) is 3. The summed E-state index contributed by atoms with van der Waals surface area (Å²) in [6.07, 6.45) is 0.467. The van der Waals surface area contributed by atoms with Crippen molar-refractivity contribution in [1.82, 2.24) is 14.7 Å². The minimum atomic E-state index is -0.571. The number of imide groups is 1. The summed E-state index contributed by atoms with van der Waals surface area (Å²) in [6.45, 7) is 9.49. The maximum absolute atomic E-state index is 13.1. The van der Waals surface area contributed by atoms with Crippen molar-refractivity contribution in [2.75, 3.05) is 52.4 Å². The van der Waals surface area contributed by atoms with Gasteiger partial charge in [0.25, 0.3) is 11.8 Å². The van der Waals surface area contributed by atoms with Crippen LogP contribution in [0, 0.1) is 0 Å². The van der Waals surface area contributed by atoms with E-state index in [0.717, 1.165) is 49.1 Å². The molecule has 0 aliphatic carbocycles. The third kappa shape index (κ3) is 5.46. The number of para-hydroxylation sites is 1. The molecular formula is C31H37N3O4. The molecule has 200 valence electrons. The van der Waals surface area contributed by atoms with Gasteiger partial charge in [-0.2, -0.15) is 0 Å². The number of ether oxygens (including phenoxy) is 1. The van der Waals surface area contributed by atoms with E-state index in [1.807, 2.05) is 54.6 Å². The molecule has 3 aromatic carbocycles. The number of aliphatic hydroxyl groups excluding tert-OH is 1. The van der Waals surface area contributed by atoms with Crippen LogP contribution in [0.25, 0.3) is 10.8 Å². The molecule has 7 nitrogen and oxygen atoms in total. The van der Waals surface area contributed by atoms with Gasteiger partial charge in [-0.25, -0.2) is 0 Å². The highest BCUT2D eigenvalue weighted by atomic mass is 16.5. The van der Waals surface area contributed by atoms with Gasteiger partial charge in [0.2, 0.25) is 0 Å². The molecule has 7 heteroatoms. The average molecular weight is 516 g/mol. The first-order chi connectivity index (χ1) is 18.5. The number of piperazine rings is 1. The smallest absolute Gasteiger partial charge is 0.261 e. The maximum atomic E-state index is 13.1. The number of amides is 2. The number of carbonyl (C=O) groups excluding carboxylic acids is 2. The number of hydrogen-bond acceptors (Lipinski definition) is 6. The Hall–Kier alpha value is -3.26. The van der Waals surface area contributed by atoms with Crippen LogP contribution in [0.4, 0.5) is 0 Å².